The molecule has 0 atom stereocenters. The van der Waals surface area contributed by atoms with Gasteiger partial charge in [-0.3, -0.25) is 0 Å². The van der Waals surface area contributed by atoms with E-state index in [2.05, 4.69) is 5.32 Å². The zero-order valence-electron chi connectivity index (χ0n) is 10.9. The molecule has 1 aromatic rings. The molecule has 0 radical (unpaired) electrons. The molecule has 0 spiro atoms. The highest BCUT2D eigenvalue weighted by Gasteiger charge is 2.17. The second-order valence-corrected chi connectivity index (χ2v) is 6.92. The quantitative estimate of drug-likeness (QED) is 0.829. The van der Waals surface area contributed by atoms with Crippen LogP contribution in [0.4, 0.5) is 0 Å². The van der Waals surface area contributed by atoms with Gasteiger partial charge < -0.3 is 5.32 Å². The molecule has 0 bridgehead atoms. The van der Waals surface area contributed by atoms with Crippen molar-refractivity contribution in [1.82, 2.24) is 5.32 Å². The SMILES string of the molecule is CCNCCS(=O)(=O)c1ccc2c(c1)CCCC2. The Hall–Kier alpha value is -0.870. The fourth-order valence-corrected chi connectivity index (χ4v) is 3.65. The van der Waals surface area contributed by atoms with Crippen molar-refractivity contribution >= 4 is 9.84 Å². The Kier molecular flexibility index (Phi) is 4.40. The second kappa shape index (κ2) is 5.85. The molecule has 3 nitrogen and oxygen atoms in total. The second-order valence-electron chi connectivity index (χ2n) is 4.81. The van der Waals surface area contributed by atoms with Gasteiger partial charge in [0.1, 0.15) is 0 Å². The van der Waals surface area contributed by atoms with E-state index in [4.69, 9.17) is 0 Å². The maximum Gasteiger partial charge on any atom is 0.179 e. The summed E-state index contributed by atoms with van der Waals surface area (Å²) in [4.78, 5) is 0.487. The van der Waals surface area contributed by atoms with Crippen molar-refractivity contribution in [3.63, 3.8) is 0 Å². The lowest BCUT2D eigenvalue weighted by Gasteiger charge is -2.16. The van der Waals surface area contributed by atoms with Gasteiger partial charge in [0, 0.05) is 6.54 Å². The molecule has 18 heavy (non-hydrogen) atoms. The van der Waals surface area contributed by atoms with Crippen LogP contribution in [0.1, 0.15) is 30.9 Å². The summed E-state index contributed by atoms with van der Waals surface area (Å²) in [6, 6.07) is 5.65. The fraction of sp³-hybridized carbons (Fsp3) is 0.571. The fourth-order valence-electron chi connectivity index (χ4n) is 2.40. The monoisotopic (exact) mass is 267 g/mol. The molecule has 1 aliphatic rings. The van der Waals surface area contributed by atoms with Crippen LogP contribution in [0.5, 0.6) is 0 Å². The van der Waals surface area contributed by atoms with Crippen molar-refractivity contribution in [2.75, 3.05) is 18.8 Å². The largest absolute Gasteiger partial charge is 0.316 e. The van der Waals surface area contributed by atoms with Crippen molar-refractivity contribution in [1.29, 1.82) is 0 Å². The minimum Gasteiger partial charge on any atom is -0.316 e. The smallest absolute Gasteiger partial charge is 0.179 e. The van der Waals surface area contributed by atoms with Crippen molar-refractivity contribution in [2.45, 2.75) is 37.5 Å². The zero-order chi connectivity index (χ0) is 13.0. The summed E-state index contributed by atoms with van der Waals surface area (Å²) in [5.41, 5.74) is 2.55. The average Bonchev–Trinajstić information content (AvgIpc) is 2.38. The van der Waals surface area contributed by atoms with E-state index >= 15 is 0 Å². The molecule has 0 aromatic heterocycles. The van der Waals surface area contributed by atoms with Crippen LogP contribution in [-0.2, 0) is 22.7 Å². The minimum absolute atomic E-state index is 0.180. The van der Waals surface area contributed by atoms with Crippen LogP contribution in [0.3, 0.4) is 0 Å². The van der Waals surface area contributed by atoms with Gasteiger partial charge in [0.05, 0.1) is 10.6 Å². The third-order valence-electron chi connectivity index (χ3n) is 3.48. The highest BCUT2D eigenvalue weighted by Crippen LogP contribution is 2.24. The molecular formula is C14H21NO2S. The number of hydrogen-bond donors (Lipinski definition) is 1. The Morgan fingerprint density at radius 3 is 2.61 bits per heavy atom. The maximum absolute atomic E-state index is 12.2. The molecule has 4 heteroatoms. The van der Waals surface area contributed by atoms with Gasteiger partial charge in [-0.1, -0.05) is 13.0 Å². The van der Waals surface area contributed by atoms with Crippen molar-refractivity contribution in [3.8, 4) is 0 Å². The maximum atomic E-state index is 12.2. The third-order valence-corrected chi connectivity index (χ3v) is 5.19. The number of fused-ring (bicyclic) bond motifs is 1. The molecule has 1 N–H and O–H groups in total. The predicted molar refractivity (Wildman–Crippen MR) is 73.7 cm³/mol. The van der Waals surface area contributed by atoms with E-state index in [9.17, 15) is 8.42 Å². The van der Waals surface area contributed by atoms with Crippen molar-refractivity contribution in [2.24, 2.45) is 0 Å². The Balaban J connectivity index is 2.17. The summed E-state index contributed by atoms with van der Waals surface area (Å²) in [7, 11) is -3.13. The van der Waals surface area contributed by atoms with Crippen molar-refractivity contribution in [3.05, 3.63) is 29.3 Å². The van der Waals surface area contributed by atoms with E-state index in [-0.39, 0.29) is 5.75 Å². The lowest BCUT2D eigenvalue weighted by Crippen LogP contribution is -2.22. The first-order valence-electron chi connectivity index (χ1n) is 6.69. The first-order valence-corrected chi connectivity index (χ1v) is 8.34. The highest BCUT2D eigenvalue weighted by molar-refractivity contribution is 7.91. The highest BCUT2D eigenvalue weighted by atomic mass is 32.2. The standard InChI is InChI=1S/C14H21NO2S/c1-2-15-9-10-18(16,17)14-8-7-12-5-3-4-6-13(12)11-14/h7-8,11,15H,2-6,9-10H2,1H3. The first kappa shape index (κ1) is 13.6. The van der Waals surface area contributed by atoms with E-state index in [1.807, 2.05) is 19.1 Å². The zero-order valence-corrected chi connectivity index (χ0v) is 11.7. The molecule has 0 saturated heterocycles. The molecule has 0 amide bonds. The lowest BCUT2D eigenvalue weighted by molar-refractivity contribution is 0.591. The van der Waals surface area contributed by atoms with E-state index < -0.39 is 9.84 Å². The molecular weight excluding hydrogens is 246 g/mol. The van der Waals surface area contributed by atoms with Crippen LogP contribution in [0.25, 0.3) is 0 Å². The van der Waals surface area contributed by atoms with Crippen LogP contribution in [0.2, 0.25) is 0 Å². The van der Waals surface area contributed by atoms with Gasteiger partial charge in [-0.25, -0.2) is 8.42 Å². The van der Waals surface area contributed by atoms with Gasteiger partial charge in [-0.05, 0) is 55.5 Å². The normalized spacial score (nSPS) is 15.4. The van der Waals surface area contributed by atoms with Crippen LogP contribution in [-0.4, -0.2) is 27.3 Å². The van der Waals surface area contributed by atoms with Gasteiger partial charge in [0.25, 0.3) is 0 Å². The Labute approximate surface area is 110 Å². The van der Waals surface area contributed by atoms with Gasteiger partial charge in [0.2, 0.25) is 0 Å². The minimum atomic E-state index is -3.13. The number of rotatable bonds is 5. The van der Waals surface area contributed by atoms with Gasteiger partial charge in [-0.2, -0.15) is 0 Å². The van der Waals surface area contributed by atoms with Crippen LogP contribution in [0.15, 0.2) is 23.1 Å². The summed E-state index contributed by atoms with van der Waals surface area (Å²) in [6.45, 7) is 3.31. The van der Waals surface area contributed by atoms with Crippen LogP contribution >= 0.6 is 0 Å². The summed E-state index contributed by atoms with van der Waals surface area (Å²) < 4.78 is 24.3. The summed E-state index contributed by atoms with van der Waals surface area (Å²) >= 11 is 0. The van der Waals surface area contributed by atoms with Gasteiger partial charge in [-0.15, -0.1) is 0 Å². The molecule has 0 aliphatic heterocycles. The summed E-state index contributed by atoms with van der Waals surface area (Å²) in [5.74, 6) is 0.180. The number of nitrogens with one attached hydrogen (secondary N) is 1. The first-order chi connectivity index (χ1) is 8.63. The molecule has 1 aromatic carbocycles. The number of aryl methyl sites for hydroxylation is 2. The predicted octanol–water partition coefficient (Wildman–Crippen LogP) is 1.95. The topological polar surface area (TPSA) is 46.2 Å². The van der Waals surface area contributed by atoms with Crippen LogP contribution < -0.4 is 5.32 Å². The summed E-state index contributed by atoms with van der Waals surface area (Å²) in [6.07, 6.45) is 4.51. The molecule has 0 fully saturated rings. The lowest BCUT2D eigenvalue weighted by atomic mass is 9.92. The van der Waals surface area contributed by atoms with Gasteiger partial charge >= 0.3 is 0 Å². The summed E-state index contributed by atoms with van der Waals surface area (Å²) in [5, 5.41) is 3.06. The third kappa shape index (κ3) is 3.12. The number of sulfone groups is 1. The molecule has 0 unspecified atom stereocenters. The van der Waals surface area contributed by atoms with E-state index in [0.717, 1.165) is 19.4 Å². The van der Waals surface area contributed by atoms with Crippen molar-refractivity contribution < 1.29 is 8.42 Å². The molecule has 0 saturated carbocycles. The molecule has 2 rings (SSSR count). The average molecular weight is 267 g/mol. The molecule has 0 heterocycles. The number of hydrogen-bond acceptors (Lipinski definition) is 3. The van der Waals surface area contributed by atoms with Crippen LogP contribution in [0, 0.1) is 0 Å². The van der Waals surface area contributed by atoms with Gasteiger partial charge in [0.15, 0.2) is 9.84 Å². The van der Waals surface area contributed by atoms with E-state index in [1.54, 1.807) is 6.07 Å². The molecule has 1 aliphatic carbocycles. The number of benzene rings is 1. The van der Waals surface area contributed by atoms with E-state index in [0.29, 0.717) is 11.4 Å². The Bertz CT molecular complexity index is 509. The Morgan fingerprint density at radius 1 is 1.17 bits per heavy atom. The Morgan fingerprint density at radius 2 is 1.89 bits per heavy atom. The van der Waals surface area contributed by atoms with E-state index in [1.165, 1.54) is 24.0 Å². The molecule has 100 valence electrons.